The van der Waals surface area contributed by atoms with Gasteiger partial charge in [0.25, 0.3) is 0 Å². The minimum absolute atomic E-state index is 0.336. The summed E-state index contributed by atoms with van der Waals surface area (Å²) in [6.45, 7) is 2.29. The number of hydrogen-bond donors (Lipinski definition) is 0. The lowest BCUT2D eigenvalue weighted by molar-refractivity contribution is 0.248. The summed E-state index contributed by atoms with van der Waals surface area (Å²) < 4.78 is 11.0. The van der Waals surface area contributed by atoms with E-state index in [-0.39, 0.29) is 0 Å². The van der Waals surface area contributed by atoms with Crippen molar-refractivity contribution in [3.63, 3.8) is 0 Å². The number of aromatic nitrogens is 1. The molecule has 0 saturated heterocycles. The van der Waals surface area contributed by atoms with Crippen LogP contribution in [0.4, 0.5) is 0 Å². The molecule has 106 valence electrons. The van der Waals surface area contributed by atoms with Gasteiger partial charge in [0.05, 0.1) is 0 Å². The number of halogens is 1. The van der Waals surface area contributed by atoms with E-state index in [9.17, 15) is 0 Å². The van der Waals surface area contributed by atoms with Crippen LogP contribution in [0.1, 0.15) is 11.3 Å². The third kappa shape index (κ3) is 3.26. The van der Waals surface area contributed by atoms with Gasteiger partial charge in [0.15, 0.2) is 5.76 Å². The molecule has 0 N–H and O–H groups in total. The average molecular weight is 300 g/mol. The average Bonchev–Trinajstić information content (AvgIpc) is 2.96. The van der Waals surface area contributed by atoms with Crippen LogP contribution in [0.2, 0.25) is 5.02 Å². The highest BCUT2D eigenvalue weighted by molar-refractivity contribution is 6.30. The largest absolute Gasteiger partial charge is 0.485 e. The fraction of sp³-hybridized carbons (Fsp3) is 0.118. The van der Waals surface area contributed by atoms with Crippen molar-refractivity contribution in [1.29, 1.82) is 0 Å². The molecule has 1 heterocycles. The molecule has 1 aromatic heterocycles. The number of benzene rings is 2. The molecule has 4 heteroatoms. The van der Waals surface area contributed by atoms with E-state index < -0.39 is 0 Å². The molecule has 0 spiro atoms. The second-order valence-corrected chi connectivity index (χ2v) is 5.18. The lowest BCUT2D eigenvalue weighted by Gasteiger charge is -2.07. The zero-order valence-corrected chi connectivity index (χ0v) is 12.3. The van der Waals surface area contributed by atoms with E-state index >= 15 is 0 Å². The van der Waals surface area contributed by atoms with Crippen LogP contribution in [0.25, 0.3) is 11.3 Å². The van der Waals surface area contributed by atoms with Crippen LogP contribution in [0.15, 0.2) is 59.1 Å². The van der Waals surface area contributed by atoms with E-state index in [1.165, 1.54) is 0 Å². The van der Waals surface area contributed by atoms with Gasteiger partial charge in [-0.05, 0) is 30.7 Å². The summed E-state index contributed by atoms with van der Waals surface area (Å²) in [5, 5.41) is 4.76. The lowest BCUT2D eigenvalue weighted by atomic mass is 10.1. The van der Waals surface area contributed by atoms with Gasteiger partial charge in [-0.25, -0.2) is 0 Å². The number of aryl methyl sites for hydroxylation is 1. The molecule has 0 bridgehead atoms. The Morgan fingerprint density at radius 1 is 1.10 bits per heavy atom. The molecule has 0 saturated carbocycles. The predicted molar refractivity (Wildman–Crippen MR) is 82.5 cm³/mol. The van der Waals surface area contributed by atoms with Crippen molar-refractivity contribution in [2.24, 2.45) is 0 Å². The van der Waals surface area contributed by atoms with Gasteiger partial charge in [-0.3, -0.25) is 0 Å². The van der Waals surface area contributed by atoms with E-state index in [0.29, 0.717) is 17.4 Å². The number of rotatable bonds is 4. The van der Waals surface area contributed by atoms with E-state index in [2.05, 4.69) is 5.16 Å². The molecule has 3 rings (SSSR count). The third-order valence-corrected chi connectivity index (χ3v) is 3.37. The second kappa shape index (κ2) is 6.02. The minimum atomic E-state index is 0.336. The van der Waals surface area contributed by atoms with Crippen LogP contribution in [0, 0.1) is 6.92 Å². The Morgan fingerprint density at radius 3 is 2.67 bits per heavy atom. The molecule has 0 unspecified atom stereocenters. The fourth-order valence-electron chi connectivity index (χ4n) is 2.05. The highest BCUT2D eigenvalue weighted by atomic mass is 35.5. The topological polar surface area (TPSA) is 35.3 Å². The van der Waals surface area contributed by atoms with Gasteiger partial charge >= 0.3 is 0 Å². The first-order valence-corrected chi connectivity index (χ1v) is 7.00. The zero-order valence-electron chi connectivity index (χ0n) is 11.5. The highest BCUT2D eigenvalue weighted by Crippen LogP contribution is 2.24. The molecule has 2 aromatic carbocycles. The molecule has 3 aromatic rings. The van der Waals surface area contributed by atoms with Gasteiger partial charge in [-0.15, -0.1) is 0 Å². The van der Waals surface area contributed by atoms with Gasteiger partial charge in [0, 0.05) is 16.7 Å². The Kier molecular flexibility index (Phi) is 3.93. The second-order valence-electron chi connectivity index (χ2n) is 4.74. The zero-order chi connectivity index (χ0) is 14.7. The Morgan fingerprint density at radius 2 is 1.90 bits per heavy atom. The molecule has 21 heavy (non-hydrogen) atoms. The Labute approximate surface area is 128 Å². The molecule has 0 amide bonds. The SMILES string of the molecule is Cc1cc(Cl)ccc1OCc1cc(-c2ccccc2)no1. The fourth-order valence-corrected chi connectivity index (χ4v) is 2.28. The monoisotopic (exact) mass is 299 g/mol. The first-order valence-electron chi connectivity index (χ1n) is 6.62. The van der Waals surface area contributed by atoms with Gasteiger partial charge < -0.3 is 9.26 Å². The van der Waals surface area contributed by atoms with Crippen LogP contribution in [-0.4, -0.2) is 5.16 Å². The third-order valence-electron chi connectivity index (χ3n) is 3.14. The first kappa shape index (κ1) is 13.7. The molecule has 0 aliphatic heterocycles. The maximum absolute atomic E-state index is 5.92. The Bertz CT molecular complexity index is 738. The molecule has 0 aliphatic carbocycles. The summed E-state index contributed by atoms with van der Waals surface area (Å²) in [7, 11) is 0. The van der Waals surface area contributed by atoms with E-state index in [4.69, 9.17) is 20.9 Å². The minimum Gasteiger partial charge on any atom is -0.485 e. The van der Waals surface area contributed by atoms with Crippen LogP contribution in [0.3, 0.4) is 0 Å². The maximum Gasteiger partial charge on any atom is 0.174 e. The van der Waals surface area contributed by atoms with Crippen LogP contribution in [0.5, 0.6) is 5.75 Å². The summed E-state index contributed by atoms with van der Waals surface area (Å²) in [6, 6.07) is 17.3. The standard InChI is InChI=1S/C17H14ClNO2/c1-12-9-14(18)7-8-17(12)20-11-15-10-16(19-21-15)13-5-3-2-4-6-13/h2-10H,11H2,1H3. The van der Waals surface area contributed by atoms with E-state index in [1.807, 2.05) is 55.5 Å². The van der Waals surface area contributed by atoms with Crippen molar-refractivity contribution in [2.75, 3.05) is 0 Å². The molecule has 0 atom stereocenters. The number of hydrogen-bond acceptors (Lipinski definition) is 3. The van der Waals surface area contributed by atoms with Crippen LogP contribution >= 0.6 is 11.6 Å². The number of nitrogens with zero attached hydrogens (tertiary/aromatic N) is 1. The molecule has 0 fully saturated rings. The van der Waals surface area contributed by atoms with Gasteiger partial charge in [0.1, 0.15) is 18.1 Å². The summed E-state index contributed by atoms with van der Waals surface area (Å²) in [6.07, 6.45) is 0. The van der Waals surface area contributed by atoms with Gasteiger partial charge in [-0.2, -0.15) is 0 Å². The summed E-state index contributed by atoms with van der Waals surface area (Å²) >= 11 is 5.92. The van der Waals surface area contributed by atoms with E-state index in [1.54, 1.807) is 6.07 Å². The molecule has 3 nitrogen and oxygen atoms in total. The molecular formula is C17H14ClNO2. The van der Waals surface area contributed by atoms with Gasteiger partial charge in [-0.1, -0.05) is 47.1 Å². The Balaban J connectivity index is 1.70. The van der Waals surface area contributed by atoms with E-state index in [0.717, 1.165) is 22.6 Å². The van der Waals surface area contributed by atoms with Crippen molar-refractivity contribution in [3.8, 4) is 17.0 Å². The quantitative estimate of drug-likeness (QED) is 0.688. The lowest BCUT2D eigenvalue weighted by Crippen LogP contribution is -1.95. The molecule has 0 aliphatic rings. The molecular weight excluding hydrogens is 286 g/mol. The normalized spacial score (nSPS) is 10.6. The predicted octanol–water partition coefficient (Wildman–Crippen LogP) is 4.88. The summed E-state index contributed by atoms with van der Waals surface area (Å²) in [5.74, 6) is 1.47. The maximum atomic E-state index is 5.92. The molecule has 0 radical (unpaired) electrons. The van der Waals surface area contributed by atoms with Crippen LogP contribution in [-0.2, 0) is 6.61 Å². The van der Waals surface area contributed by atoms with Crippen molar-refractivity contribution < 1.29 is 9.26 Å². The van der Waals surface area contributed by atoms with Crippen molar-refractivity contribution in [3.05, 3.63) is 70.9 Å². The summed E-state index contributed by atoms with van der Waals surface area (Å²) in [5.41, 5.74) is 2.82. The van der Waals surface area contributed by atoms with Crippen LogP contribution < -0.4 is 4.74 Å². The van der Waals surface area contributed by atoms with Gasteiger partial charge in [0.2, 0.25) is 0 Å². The van der Waals surface area contributed by atoms with Crippen molar-refractivity contribution >= 4 is 11.6 Å². The van der Waals surface area contributed by atoms with Crippen molar-refractivity contribution in [1.82, 2.24) is 5.16 Å². The highest BCUT2D eigenvalue weighted by Gasteiger charge is 2.08. The number of ether oxygens (including phenoxy) is 1. The first-order chi connectivity index (χ1) is 10.2. The smallest absolute Gasteiger partial charge is 0.174 e. The Hall–Kier alpha value is -2.26. The van der Waals surface area contributed by atoms with Crippen molar-refractivity contribution in [2.45, 2.75) is 13.5 Å². The summed E-state index contributed by atoms with van der Waals surface area (Å²) in [4.78, 5) is 0.